The van der Waals surface area contributed by atoms with Crippen LogP contribution in [0, 0.1) is 5.41 Å². The molecule has 1 atom stereocenters. The Morgan fingerprint density at radius 3 is 2.85 bits per heavy atom. The molecule has 2 amide bonds. The van der Waals surface area contributed by atoms with Crippen molar-refractivity contribution >= 4 is 11.8 Å². The molecule has 1 unspecified atom stereocenters. The number of nitrogens with zero attached hydrogens (tertiary/aromatic N) is 7. The van der Waals surface area contributed by atoms with Crippen molar-refractivity contribution in [1.82, 2.24) is 34.9 Å². The van der Waals surface area contributed by atoms with Gasteiger partial charge in [-0.15, -0.1) is 5.10 Å². The topological polar surface area (TPSA) is 87.5 Å². The van der Waals surface area contributed by atoms with Gasteiger partial charge in [0.2, 0.25) is 11.8 Å². The highest BCUT2D eigenvalue weighted by Gasteiger charge is 2.42. The summed E-state index contributed by atoms with van der Waals surface area (Å²) in [6, 6.07) is 0. The zero-order valence-corrected chi connectivity index (χ0v) is 16.5. The lowest BCUT2D eigenvalue weighted by molar-refractivity contribution is -0.143. The Bertz CT molecular complexity index is 634. The first-order chi connectivity index (χ1) is 13.0. The zero-order valence-electron chi connectivity index (χ0n) is 16.5. The minimum atomic E-state index is 0.0734. The predicted octanol–water partition coefficient (Wildman–Crippen LogP) is 0.246. The summed E-state index contributed by atoms with van der Waals surface area (Å²) in [5.41, 5.74) is 0.0734. The molecule has 0 radical (unpaired) electrons. The molecule has 2 saturated heterocycles. The summed E-state index contributed by atoms with van der Waals surface area (Å²) < 4.78 is 1.65. The molecule has 0 aliphatic carbocycles. The van der Waals surface area contributed by atoms with Crippen molar-refractivity contribution in [1.29, 1.82) is 0 Å². The van der Waals surface area contributed by atoms with E-state index in [-0.39, 0.29) is 17.2 Å². The molecule has 1 aromatic heterocycles. The summed E-state index contributed by atoms with van der Waals surface area (Å²) in [4.78, 5) is 31.1. The standard InChI is InChI=1S/C18H31N7O2/c1-22(2)11-12-24-14-18(8-6-17(24)27)7-4-9-23(13-18)16(26)5-3-10-25-15-19-20-21-25/h15H,3-14H2,1-2H3. The van der Waals surface area contributed by atoms with Crippen molar-refractivity contribution in [3.8, 4) is 0 Å². The number of tetrazole rings is 1. The Morgan fingerprint density at radius 2 is 2.11 bits per heavy atom. The second kappa shape index (κ2) is 8.77. The number of carbonyl (C=O) groups excluding carboxylic acids is 2. The van der Waals surface area contributed by atoms with Crippen LogP contribution in [-0.2, 0) is 16.1 Å². The third-order valence-electron chi connectivity index (χ3n) is 5.75. The number of hydrogen-bond donors (Lipinski definition) is 0. The minimum absolute atomic E-state index is 0.0734. The third-order valence-corrected chi connectivity index (χ3v) is 5.75. The maximum absolute atomic E-state index is 12.7. The number of rotatable bonds is 7. The number of piperidine rings is 2. The number of likely N-dealkylation sites (N-methyl/N-ethyl adjacent to an activating group) is 1. The lowest BCUT2D eigenvalue weighted by Crippen LogP contribution is -2.55. The van der Waals surface area contributed by atoms with Crippen LogP contribution in [0.25, 0.3) is 0 Å². The molecule has 3 rings (SSSR count). The van der Waals surface area contributed by atoms with Gasteiger partial charge in [0.25, 0.3) is 0 Å². The van der Waals surface area contributed by atoms with Gasteiger partial charge in [-0.2, -0.15) is 0 Å². The number of aromatic nitrogens is 4. The van der Waals surface area contributed by atoms with Crippen molar-refractivity contribution in [2.45, 2.75) is 45.1 Å². The maximum Gasteiger partial charge on any atom is 0.222 e. The van der Waals surface area contributed by atoms with Crippen molar-refractivity contribution in [3.05, 3.63) is 6.33 Å². The fraction of sp³-hybridized carbons (Fsp3) is 0.833. The summed E-state index contributed by atoms with van der Waals surface area (Å²) in [6.07, 6.45) is 6.46. The molecule has 3 heterocycles. The van der Waals surface area contributed by atoms with Gasteiger partial charge in [-0.25, -0.2) is 4.68 Å². The minimum Gasteiger partial charge on any atom is -0.342 e. The molecule has 2 aliphatic heterocycles. The SMILES string of the molecule is CN(C)CCN1CC2(CCCN(C(=O)CCCn3cnnn3)C2)CCC1=O. The van der Waals surface area contributed by atoms with Gasteiger partial charge in [-0.05, 0) is 50.2 Å². The Hall–Kier alpha value is -2.03. The van der Waals surface area contributed by atoms with Crippen molar-refractivity contribution in [2.24, 2.45) is 5.41 Å². The second-order valence-electron chi connectivity index (χ2n) is 8.21. The van der Waals surface area contributed by atoms with Gasteiger partial charge < -0.3 is 14.7 Å². The summed E-state index contributed by atoms with van der Waals surface area (Å²) in [5.74, 6) is 0.464. The highest BCUT2D eigenvalue weighted by atomic mass is 16.2. The quantitative estimate of drug-likeness (QED) is 0.677. The third kappa shape index (κ3) is 5.24. The van der Waals surface area contributed by atoms with E-state index in [0.717, 1.165) is 58.4 Å². The fourth-order valence-electron chi connectivity index (χ4n) is 4.21. The maximum atomic E-state index is 12.7. The summed E-state index contributed by atoms with van der Waals surface area (Å²) in [5, 5.41) is 11.0. The van der Waals surface area contributed by atoms with E-state index in [1.165, 1.54) is 0 Å². The Labute approximate surface area is 160 Å². The molecule has 0 saturated carbocycles. The van der Waals surface area contributed by atoms with Crippen LogP contribution >= 0.6 is 0 Å². The van der Waals surface area contributed by atoms with Crippen LogP contribution in [0.15, 0.2) is 6.33 Å². The molecule has 2 aliphatic rings. The van der Waals surface area contributed by atoms with E-state index < -0.39 is 0 Å². The number of aryl methyl sites for hydroxylation is 1. The number of hydrogen-bond acceptors (Lipinski definition) is 6. The van der Waals surface area contributed by atoms with Gasteiger partial charge >= 0.3 is 0 Å². The largest absolute Gasteiger partial charge is 0.342 e. The Kier molecular flexibility index (Phi) is 6.41. The predicted molar refractivity (Wildman–Crippen MR) is 99.7 cm³/mol. The van der Waals surface area contributed by atoms with E-state index in [2.05, 4.69) is 20.4 Å². The number of carbonyl (C=O) groups is 2. The van der Waals surface area contributed by atoms with Crippen LogP contribution in [0.2, 0.25) is 0 Å². The van der Waals surface area contributed by atoms with Gasteiger partial charge in [0, 0.05) is 57.5 Å². The molecule has 9 heteroatoms. The summed E-state index contributed by atoms with van der Waals surface area (Å²) in [6.45, 7) is 4.70. The molecule has 150 valence electrons. The van der Waals surface area contributed by atoms with Crippen LogP contribution in [0.5, 0.6) is 0 Å². The smallest absolute Gasteiger partial charge is 0.222 e. The molecular formula is C18H31N7O2. The van der Waals surface area contributed by atoms with Gasteiger partial charge in [0.05, 0.1) is 0 Å². The van der Waals surface area contributed by atoms with Gasteiger partial charge in [-0.3, -0.25) is 9.59 Å². The van der Waals surface area contributed by atoms with Crippen molar-refractivity contribution in [2.75, 3.05) is 46.8 Å². The first kappa shape index (κ1) is 19.7. The van der Waals surface area contributed by atoms with E-state index >= 15 is 0 Å². The number of amides is 2. The van der Waals surface area contributed by atoms with E-state index in [0.29, 0.717) is 19.4 Å². The highest BCUT2D eigenvalue weighted by molar-refractivity contribution is 5.78. The van der Waals surface area contributed by atoms with Crippen molar-refractivity contribution in [3.63, 3.8) is 0 Å². The van der Waals surface area contributed by atoms with E-state index in [1.54, 1.807) is 11.0 Å². The summed E-state index contributed by atoms with van der Waals surface area (Å²) in [7, 11) is 4.06. The molecular weight excluding hydrogens is 346 g/mol. The second-order valence-corrected chi connectivity index (χ2v) is 8.21. The summed E-state index contributed by atoms with van der Waals surface area (Å²) >= 11 is 0. The molecule has 0 N–H and O–H groups in total. The highest BCUT2D eigenvalue weighted by Crippen LogP contribution is 2.39. The molecule has 0 bridgehead atoms. The molecule has 1 aromatic rings. The molecule has 0 aromatic carbocycles. The monoisotopic (exact) mass is 377 g/mol. The van der Waals surface area contributed by atoms with Gasteiger partial charge in [-0.1, -0.05) is 0 Å². The van der Waals surface area contributed by atoms with Crippen molar-refractivity contribution < 1.29 is 9.59 Å². The first-order valence-electron chi connectivity index (χ1n) is 9.88. The van der Waals surface area contributed by atoms with E-state index in [9.17, 15) is 9.59 Å². The van der Waals surface area contributed by atoms with Crippen LogP contribution < -0.4 is 0 Å². The average molecular weight is 377 g/mol. The first-order valence-corrected chi connectivity index (χ1v) is 9.88. The lowest BCUT2D eigenvalue weighted by Gasteiger charge is -2.48. The molecule has 1 spiro atoms. The number of likely N-dealkylation sites (tertiary alicyclic amines) is 2. The van der Waals surface area contributed by atoms with Crippen LogP contribution in [-0.4, -0.2) is 93.5 Å². The van der Waals surface area contributed by atoms with E-state index in [4.69, 9.17) is 0 Å². The fourth-order valence-corrected chi connectivity index (χ4v) is 4.21. The van der Waals surface area contributed by atoms with Gasteiger partial charge in [0.15, 0.2) is 0 Å². The normalized spacial score (nSPS) is 23.4. The average Bonchev–Trinajstić information content (AvgIpc) is 3.16. The van der Waals surface area contributed by atoms with Crippen LogP contribution in [0.1, 0.15) is 38.5 Å². The Morgan fingerprint density at radius 1 is 1.26 bits per heavy atom. The lowest BCUT2D eigenvalue weighted by atomic mass is 9.73. The van der Waals surface area contributed by atoms with Crippen LogP contribution in [0.4, 0.5) is 0 Å². The molecule has 2 fully saturated rings. The molecule has 27 heavy (non-hydrogen) atoms. The van der Waals surface area contributed by atoms with Gasteiger partial charge in [0.1, 0.15) is 6.33 Å². The zero-order chi connectivity index (χ0) is 19.3. The van der Waals surface area contributed by atoms with E-state index in [1.807, 2.05) is 23.9 Å². The van der Waals surface area contributed by atoms with Crippen LogP contribution in [0.3, 0.4) is 0 Å². The molecule has 9 nitrogen and oxygen atoms in total. The Balaban J connectivity index is 1.52.